The van der Waals surface area contributed by atoms with Gasteiger partial charge < -0.3 is 15.0 Å². The second-order valence-electron chi connectivity index (χ2n) is 6.32. The van der Waals surface area contributed by atoms with Crippen molar-refractivity contribution in [1.82, 2.24) is 5.32 Å². The highest BCUT2D eigenvalue weighted by Gasteiger charge is 2.11. The number of carbonyl (C=O) groups excluding carboxylic acids is 1. The molecular weight excluding hydrogens is 371 g/mol. The molecule has 1 saturated heterocycles. The van der Waals surface area contributed by atoms with Crippen LogP contribution in [0, 0.1) is 0 Å². The first-order valence-electron chi connectivity index (χ1n) is 8.80. The van der Waals surface area contributed by atoms with E-state index in [-0.39, 0.29) is 12.5 Å². The Labute approximate surface area is 164 Å². The van der Waals surface area contributed by atoms with Crippen molar-refractivity contribution < 1.29 is 9.53 Å². The molecule has 4 nitrogen and oxygen atoms in total. The second-order valence-corrected chi connectivity index (χ2v) is 7.17. The van der Waals surface area contributed by atoms with E-state index in [1.54, 1.807) is 18.2 Å². The number of halogens is 2. The van der Waals surface area contributed by atoms with Crippen LogP contribution in [0.15, 0.2) is 42.5 Å². The van der Waals surface area contributed by atoms with Gasteiger partial charge in [0.2, 0.25) is 0 Å². The number of nitrogens with one attached hydrogen (secondary N) is 1. The van der Waals surface area contributed by atoms with Gasteiger partial charge in [0.25, 0.3) is 5.91 Å². The largest absolute Gasteiger partial charge is 0.482 e. The van der Waals surface area contributed by atoms with Gasteiger partial charge in [-0.2, -0.15) is 0 Å². The number of hydrogen-bond donors (Lipinski definition) is 1. The molecule has 26 heavy (non-hydrogen) atoms. The maximum Gasteiger partial charge on any atom is 0.257 e. The van der Waals surface area contributed by atoms with E-state index >= 15 is 0 Å². The van der Waals surface area contributed by atoms with Gasteiger partial charge in [-0.3, -0.25) is 4.79 Å². The minimum Gasteiger partial charge on any atom is -0.482 e. The molecule has 1 fully saturated rings. The molecule has 2 aromatic rings. The third-order valence-corrected chi connectivity index (χ3v) is 4.93. The molecule has 1 heterocycles. The first-order chi connectivity index (χ1) is 12.6. The van der Waals surface area contributed by atoms with Gasteiger partial charge in [0, 0.05) is 30.3 Å². The van der Waals surface area contributed by atoms with Crippen molar-refractivity contribution in [3.63, 3.8) is 0 Å². The van der Waals surface area contributed by atoms with E-state index in [4.69, 9.17) is 27.9 Å². The number of rotatable bonds is 7. The average molecular weight is 393 g/mol. The van der Waals surface area contributed by atoms with E-state index in [0.29, 0.717) is 22.3 Å². The summed E-state index contributed by atoms with van der Waals surface area (Å²) in [6.45, 7) is 2.79. The molecule has 2 aromatic carbocycles. The molecule has 138 valence electrons. The van der Waals surface area contributed by atoms with E-state index in [1.807, 2.05) is 0 Å². The van der Waals surface area contributed by atoms with E-state index < -0.39 is 0 Å². The van der Waals surface area contributed by atoms with Crippen LogP contribution in [0.25, 0.3) is 0 Å². The summed E-state index contributed by atoms with van der Waals surface area (Å²) in [4.78, 5) is 14.3. The molecule has 3 rings (SSSR count). The second kappa shape index (κ2) is 9.15. The Morgan fingerprint density at radius 1 is 1.08 bits per heavy atom. The van der Waals surface area contributed by atoms with Gasteiger partial charge in [-0.25, -0.2) is 0 Å². The maximum absolute atomic E-state index is 11.9. The van der Waals surface area contributed by atoms with Crippen LogP contribution in [0.2, 0.25) is 10.0 Å². The van der Waals surface area contributed by atoms with Crippen LogP contribution in [0.3, 0.4) is 0 Å². The van der Waals surface area contributed by atoms with Crippen molar-refractivity contribution in [2.24, 2.45) is 0 Å². The van der Waals surface area contributed by atoms with Crippen LogP contribution < -0.4 is 15.0 Å². The third kappa shape index (κ3) is 5.29. The van der Waals surface area contributed by atoms with Crippen LogP contribution >= 0.6 is 23.2 Å². The molecule has 0 saturated carbocycles. The molecule has 1 N–H and O–H groups in total. The van der Waals surface area contributed by atoms with E-state index in [9.17, 15) is 4.79 Å². The molecule has 0 bridgehead atoms. The fourth-order valence-corrected chi connectivity index (χ4v) is 3.44. The van der Waals surface area contributed by atoms with Crippen molar-refractivity contribution in [2.75, 3.05) is 31.1 Å². The lowest BCUT2D eigenvalue weighted by Gasteiger charge is -2.17. The first kappa shape index (κ1) is 18.9. The van der Waals surface area contributed by atoms with Crippen molar-refractivity contribution in [3.05, 3.63) is 58.1 Å². The third-order valence-electron chi connectivity index (χ3n) is 4.40. The Kier molecular flexibility index (Phi) is 6.64. The van der Waals surface area contributed by atoms with Crippen LogP contribution in [0.1, 0.15) is 18.4 Å². The van der Waals surface area contributed by atoms with Crippen LogP contribution in [0.4, 0.5) is 5.69 Å². The Morgan fingerprint density at radius 2 is 1.81 bits per heavy atom. The molecule has 0 aromatic heterocycles. The molecule has 1 aliphatic rings. The zero-order valence-corrected chi connectivity index (χ0v) is 16.0. The summed E-state index contributed by atoms with van der Waals surface area (Å²) in [5.41, 5.74) is 2.48. The van der Waals surface area contributed by atoms with Gasteiger partial charge in [-0.15, -0.1) is 0 Å². The van der Waals surface area contributed by atoms with Gasteiger partial charge >= 0.3 is 0 Å². The number of nitrogens with zero attached hydrogens (tertiary/aromatic N) is 1. The van der Waals surface area contributed by atoms with Crippen molar-refractivity contribution >= 4 is 34.8 Å². The summed E-state index contributed by atoms with van der Waals surface area (Å²) in [6.07, 6.45) is 3.34. The predicted octanol–water partition coefficient (Wildman–Crippen LogP) is 4.33. The summed E-state index contributed by atoms with van der Waals surface area (Å²) in [7, 11) is 0. The number of carbonyl (C=O) groups is 1. The molecule has 6 heteroatoms. The molecule has 0 unspecified atom stereocenters. The van der Waals surface area contributed by atoms with E-state index in [2.05, 4.69) is 34.5 Å². The molecule has 0 radical (unpaired) electrons. The molecule has 0 aliphatic carbocycles. The lowest BCUT2D eigenvalue weighted by molar-refractivity contribution is -0.123. The fourth-order valence-electron chi connectivity index (χ4n) is 2.98. The number of amides is 1. The lowest BCUT2D eigenvalue weighted by atomic mass is 10.1. The number of hydrogen-bond acceptors (Lipinski definition) is 3. The summed E-state index contributed by atoms with van der Waals surface area (Å²) < 4.78 is 5.42. The molecular formula is C20H22Cl2N2O2. The Hall–Kier alpha value is -1.91. The molecule has 0 atom stereocenters. The van der Waals surface area contributed by atoms with Gasteiger partial charge in [-0.05, 0) is 55.2 Å². The van der Waals surface area contributed by atoms with E-state index in [0.717, 1.165) is 19.5 Å². The summed E-state index contributed by atoms with van der Waals surface area (Å²) in [5.74, 6) is 0.272. The van der Waals surface area contributed by atoms with Gasteiger partial charge in [0.1, 0.15) is 5.75 Å². The minimum atomic E-state index is -0.176. The summed E-state index contributed by atoms with van der Waals surface area (Å²) >= 11 is 11.8. The van der Waals surface area contributed by atoms with E-state index in [1.165, 1.54) is 24.1 Å². The SMILES string of the molecule is O=C(COc1ccc(Cl)cc1Cl)NCCc1ccc(N2CCCC2)cc1. The smallest absolute Gasteiger partial charge is 0.257 e. The highest BCUT2D eigenvalue weighted by molar-refractivity contribution is 6.35. The van der Waals surface area contributed by atoms with Crippen molar-refractivity contribution in [2.45, 2.75) is 19.3 Å². The first-order valence-corrected chi connectivity index (χ1v) is 9.56. The topological polar surface area (TPSA) is 41.6 Å². The van der Waals surface area contributed by atoms with Crippen LogP contribution in [0.5, 0.6) is 5.75 Å². The lowest BCUT2D eigenvalue weighted by Crippen LogP contribution is -2.30. The quantitative estimate of drug-likeness (QED) is 0.761. The van der Waals surface area contributed by atoms with Crippen molar-refractivity contribution in [3.8, 4) is 5.75 Å². The molecule has 1 amide bonds. The predicted molar refractivity (Wildman–Crippen MR) is 107 cm³/mol. The standard InChI is InChI=1S/C20H22Cl2N2O2/c21-16-5-8-19(18(22)13-16)26-14-20(25)23-10-9-15-3-6-17(7-4-15)24-11-1-2-12-24/h3-8,13H,1-2,9-12,14H2,(H,23,25). The highest BCUT2D eigenvalue weighted by Crippen LogP contribution is 2.27. The monoisotopic (exact) mass is 392 g/mol. The maximum atomic E-state index is 11.9. The number of anilines is 1. The zero-order valence-electron chi connectivity index (χ0n) is 14.5. The van der Waals surface area contributed by atoms with Crippen molar-refractivity contribution in [1.29, 1.82) is 0 Å². The number of ether oxygens (including phenoxy) is 1. The summed E-state index contributed by atoms with van der Waals surface area (Å²) in [6, 6.07) is 13.5. The van der Waals surface area contributed by atoms with Gasteiger partial charge in [-0.1, -0.05) is 35.3 Å². The Balaban J connectivity index is 1.39. The average Bonchev–Trinajstić information content (AvgIpc) is 3.16. The molecule has 1 aliphatic heterocycles. The van der Waals surface area contributed by atoms with Crippen LogP contribution in [-0.2, 0) is 11.2 Å². The Bertz CT molecular complexity index is 744. The van der Waals surface area contributed by atoms with Gasteiger partial charge in [0.05, 0.1) is 5.02 Å². The zero-order chi connectivity index (χ0) is 18.4. The Morgan fingerprint density at radius 3 is 2.50 bits per heavy atom. The minimum absolute atomic E-state index is 0.0742. The summed E-state index contributed by atoms with van der Waals surface area (Å²) in [5, 5.41) is 3.78. The highest BCUT2D eigenvalue weighted by atomic mass is 35.5. The van der Waals surface area contributed by atoms with Crippen LogP contribution in [-0.4, -0.2) is 32.1 Å². The number of benzene rings is 2. The van der Waals surface area contributed by atoms with Gasteiger partial charge in [0.15, 0.2) is 6.61 Å². The molecule has 0 spiro atoms. The fraction of sp³-hybridized carbons (Fsp3) is 0.350. The normalized spacial score (nSPS) is 13.7.